The van der Waals surface area contributed by atoms with E-state index in [-0.39, 0.29) is 5.82 Å². The first-order chi connectivity index (χ1) is 10.2. The van der Waals surface area contributed by atoms with Crippen molar-refractivity contribution >= 4 is 0 Å². The van der Waals surface area contributed by atoms with E-state index in [4.69, 9.17) is 0 Å². The summed E-state index contributed by atoms with van der Waals surface area (Å²) in [6, 6.07) is 13.9. The SMILES string of the molecule is C=CCc1ccc(CCc2ccc(CC=C)cc2F)cc1. The van der Waals surface area contributed by atoms with Crippen LogP contribution in [-0.2, 0) is 25.7 Å². The van der Waals surface area contributed by atoms with Gasteiger partial charge in [0.2, 0.25) is 0 Å². The minimum Gasteiger partial charge on any atom is -0.207 e. The predicted molar refractivity (Wildman–Crippen MR) is 88.1 cm³/mol. The number of rotatable bonds is 7. The van der Waals surface area contributed by atoms with Gasteiger partial charge in [-0.3, -0.25) is 0 Å². The highest BCUT2D eigenvalue weighted by atomic mass is 19.1. The molecule has 0 fully saturated rings. The van der Waals surface area contributed by atoms with Gasteiger partial charge in [0.1, 0.15) is 5.82 Å². The van der Waals surface area contributed by atoms with Gasteiger partial charge < -0.3 is 0 Å². The second kappa shape index (κ2) is 7.58. The van der Waals surface area contributed by atoms with Crippen LogP contribution < -0.4 is 0 Å². The third-order valence-electron chi connectivity index (χ3n) is 3.58. The third-order valence-corrected chi connectivity index (χ3v) is 3.58. The van der Waals surface area contributed by atoms with E-state index < -0.39 is 0 Å². The van der Waals surface area contributed by atoms with Crippen LogP contribution in [0.25, 0.3) is 0 Å². The van der Waals surface area contributed by atoms with Crippen molar-refractivity contribution < 1.29 is 4.39 Å². The van der Waals surface area contributed by atoms with Gasteiger partial charge in [0, 0.05) is 0 Å². The molecule has 2 rings (SSSR count). The lowest BCUT2D eigenvalue weighted by atomic mass is 10.0. The van der Waals surface area contributed by atoms with E-state index in [1.807, 2.05) is 18.2 Å². The molecular weight excluding hydrogens is 259 g/mol. The summed E-state index contributed by atoms with van der Waals surface area (Å²) in [5.74, 6) is -0.113. The van der Waals surface area contributed by atoms with Gasteiger partial charge in [0.25, 0.3) is 0 Å². The normalized spacial score (nSPS) is 10.3. The van der Waals surface area contributed by atoms with Crippen LogP contribution in [0.4, 0.5) is 4.39 Å². The molecule has 0 heterocycles. The number of hydrogen-bond donors (Lipinski definition) is 0. The Labute approximate surface area is 126 Å². The molecule has 0 nitrogen and oxygen atoms in total. The summed E-state index contributed by atoms with van der Waals surface area (Å²) in [7, 11) is 0. The van der Waals surface area contributed by atoms with Gasteiger partial charge in [-0.25, -0.2) is 4.39 Å². The smallest absolute Gasteiger partial charge is 0.126 e. The van der Waals surface area contributed by atoms with Crippen molar-refractivity contribution in [3.8, 4) is 0 Å². The van der Waals surface area contributed by atoms with E-state index in [1.165, 1.54) is 11.1 Å². The highest BCUT2D eigenvalue weighted by molar-refractivity contribution is 5.28. The standard InChI is InChI=1S/C20H21F/c1-3-5-16-7-9-17(10-8-16)11-13-19-14-12-18(6-4-2)15-20(19)21/h3-4,7-10,12,14-15H,1-2,5-6,11,13H2. The maximum atomic E-state index is 14.0. The quantitative estimate of drug-likeness (QED) is 0.621. The van der Waals surface area contributed by atoms with Crippen molar-refractivity contribution in [2.45, 2.75) is 25.7 Å². The summed E-state index contributed by atoms with van der Waals surface area (Å²) in [5.41, 5.74) is 4.24. The molecule has 1 heteroatoms. The minimum absolute atomic E-state index is 0.113. The number of benzene rings is 2. The van der Waals surface area contributed by atoms with Crippen molar-refractivity contribution in [1.82, 2.24) is 0 Å². The van der Waals surface area contributed by atoms with Crippen LogP contribution in [0.2, 0.25) is 0 Å². The molecule has 2 aromatic carbocycles. The molecule has 0 radical (unpaired) electrons. The van der Waals surface area contributed by atoms with E-state index in [0.717, 1.165) is 30.4 Å². The highest BCUT2D eigenvalue weighted by Gasteiger charge is 2.04. The van der Waals surface area contributed by atoms with Crippen LogP contribution in [0.1, 0.15) is 22.3 Å². The summed E-state index contributed by atoms with van der Waals surface area (Å²) in [6.07, 6.45) is 6.86. The van der Waals surface area contributed by atoms with Crippen LogP contribution in [0.3, 0.4) is 0 Å². The molecular formula is C20H21F. The van der Waals surface area contributed by atoms with E-state index in [9.17, 15) is 4.39 Å². The van der Waals surface area contributed by atoms with Crippen LogP contribution in [0, 0.1) is 5.82 Å². The first-order valence-corrected chi connectivity index (χ1v) is 7.30. The molecule has 0 saturated heterocycles. The highest BCUT2D eigenvalue weighted by Crippen LogP contribution is 2.15. The largest absolute Gasteiger partial charge is 0.207 e. The van der Waals surface area contributed by atoms with Crippen molar-refractivity contribution in [1.29, 1.82) is 0 Å². The zero-order valence-corrected chi connectivity index (χ0v) is 12.3. The van der Waals surface area contributed by atoms with Crippen molar-refractivity contribution in [3.63, 3.8) is 0 Å². The zero-order chi connectivity index (χ0) is 15.1. The van der Waals surface area contributed by atoms with E-state index in [0.29, 0.717) is 6.42 Å². The lowest BCUT2D eigenvalue weighted by molar-refractivity contribution is 0.607. The van der Waals surface area contributed by atoms with Gasteiger partial charge in [-0.1, -0.05) is 48.6 Å². The number of halogens is 1. The Morgan fingerprint density at radius 3 is 1.95 bits per heavy atom. The van der Waals surface area contributed by atoms with Crippen molar-refractivity contribution in [3.05, 3.63) is 95.8 Å². The Morgan fingerprint density at radius 1 is 0.762 bits per heavy atom. The lowest BCUT2D eigenvalue weighted by Gasteiger charge is -2.06. The summed E-state index contributed by atoms with van der Waals surface area (Å²) >= 11 is 0. The molecule has 0 amide bonds. The Balaban J connectivity index is 1.99. The van der Waals surface area contributed by atoms with Gasteiger partial charge in [-0.15, -0.1) is 13.2 Å². The molecule has 0 aliphatic rings. The average molecular weight is 280 g/mol. The molecule has 0 spiro atoms. The van der Waals surface area contributed by atoms with Gasteiger partial charge in [-0.05, 0) is 54.0 Å². The number of allylic oxidation sites excluding steroid dienone is 2. The fourth-order valence-corrected chi connectivity index (χ4v) is 2.37. The Bertz CT molecular complexity index is 608. The molecule has 2 aromatic rings. The van der Waals surface area contributed by atoms with Crippen molar-refractivity contribution in [2.24, 2.45) is 0 Å². The van der Waals surface area contributed by atoms with E-state index in [2.05, 4.69) is 37.4 Å². The molecule has 0 saturated carbocycles. The van der Waals surface area contributed by atoms with Crippen LogP contribution in [0.15, 0.2) is 67.8 Å². The molecule has 0 aliphatic heterocycles. The monoisotopic (exact) mass is 280 g/mol. The lowest BCUT2D eigenvalue weighted by Crippen LogP contribution is -1.96. The average Bonchev–Trinajstić information content (AvgIpc) is 2.49. The van der Waals surface area contributed by atoms with E-state index in [1.54, 1.807) is 12.1 Å². The summed E-state index contributed by atoms with van der Waals surface area (Å²) in [5, 5.41) is 0. The fraction of sp³-hybridized carbons (Fsp3) is 0.200. The van der Waals surface area contributed by atoms with Crippen LogP contribution in [-0.4, -0.2) is 0 Å². The van der Waals surface area contributed by atoms with Gasteiger partial charge in [0.15, 0.2) is 0 Å². The zero-order valence-electron chi connectivity index (χ0n) is 12.3. The summed E-state index contributed by atoms with van der Waals surface area (Å²) in [4.78, 5) is 0. The second-order valence-corrected chi connectivity index (χ2v) is 5.23. The van der Waals surface area contributed by atoms with Crippen molar-refractivity contribution in [2.75, 3.05) is 0 Å². The first kappa shape index (κ1) is 15.2. The van der Waals surface area contributed by atoms with Gasteiger partial charge >= 0.3 is 0 Å². The van der Waals surface area contributed by atoms with E-state index >= 15 is 0 Å². The maximum absolute atomic E-state index is 14.0. The maximum Gasteiger partial charge on any atom is 0.126 e. The van der Waals surface area contributed by atoms with Crippen LogP contribution >= 0.6 is 0 Å². The predicted octanol–water partition coefficient (Wildman–Crippen LogP) is 5.07. The molecule has 21 heavy (non-hydrogen) atoms. The Kier molecular flexibility index (Phi) is 5.51. The molecule has 0 aromatic heterocycles. The summed E-state index contributed by atoms with van der Waals surface area (Å²) in [6.45, 7) is 7.41. The molecule has 0 aliphatic carbocycles. The second-order valence-electron chi connectivity index (χ2n) is 5.23. The van der Waals surface area contributed by atoms with Gasteiger partial charge in [0.05, 0.1) is 0 Å². The molecule has 0 unspecified atom stereocenters. The van der Waals surface area contributed by atoms with Gasteiger partial charge in [-0.2, -0.15) is 0 Å². The molecule has 0 N–H and O–H groups in total. The van der Waals surface area contributed by atoms with Crippen LogP contribution in [0.5, 0.6) is 0 Å². The fourth-order valence-electron chi connectivity index (χ4n) is 2.37. The minimum atomic E-state index is -0.113. The Morgan fingerprint density at radius 2 is 1.33 bits per heavy atom. The number of hydrogen-bond acceptors (Lipinski definition) is 0. The molecule has 0 bridgehead atoms. The first-order valence-electron chi connectivity index (χ1n) is 7.30. The third kappa shape index (κ3) is 4.42. The Hall–Kier alpha value is -2.15. The molecule has 0 atom stereocenters. The summed E-state index contributed by atoms with van der Waals surface area (Å²) < 4.78 is 14.0. The topological polar surface area (TPSA) is 0 Å². The number of aryl methyl sites for hydroxylation is 2. The molecule has 108 valence electrons.